The van der Waals surface area contributed by atoms with Crippen LogP contribution in [0.4, 0.5) is 0 Å². The predicted molar refractivity (Wildman–Crippen MR) is 58.8 cm³/mol. The second kappa shape index (κ2) is 4.58. The molecule has 2 atom stereocenters. The smallest absolute Gasteiger partial charge is 0.211 e. The van der Waals surface area contributed by atoms with Crippen LogP contribution in [-0.4, -0.2) is 30.0 Å². The van der Waals surface area contributed by atoms with E-state index >= 15 is 0 Å². The molecule has 1 N–H and O–H groups in total. The van der Waals surface area contributed by atoms with Crippen molar-refractivity contribution in [3.63, 3.8) is 0 Å². The summed E-state index contributed by atoms with van der Waals surface area (Å²) in [4.78, 5) is 10.2. The van der Waals surface area contributed by atoms with Crippen LogP contribution in [-0.2, 0) is 0 Å². The van der Waals surface area contributed by atoms with Crippen LogP contribution in [0.5, 0.6) is 11.5 Å². The molecule has 0 radical (unpaired) electrons. The maximum Gasteiger partial charge on any atom is 0.211 e. The molecule has 92 valence electrons. The number of nitro groups is 1. The minimum absolute atomic E-state index is 0.209. The fourth-order valence-electron chi connectivity index (χ4n) is 2.00. The first-order valence-corrected chi connectivity index (χ1v) is 5.24. The molecule has 6 heteroatoms. The summed E-state index contributed by atoms with van der Waals surface area (Å²) >= 11 is 0. The van der Waals surface area contributed by atoms with Gasteiger partial charge in [0.05, 0.1) is 13.0 Å². The van der Waals surface area contributed by atoms with E-state index in [1.165, 1.54) is 7.11 Å². The van der Waals surface area contributed by atoms with Crippen LogP contribution >= 0.6 is 0 Å². The number of aliphatic hydroxyl groups excluding tert-OH is 1. The lowest BCUT2D eigenvalue weighted by molar-refractivity contribution is -0.484. The minimum Gasteiger partial charge on any atom is -0.497 e. The monoisotopic (exact) mass is 239 g/mol. The molecule has 0 saturated carbocycles. The zero-order valence-electron chi connectivity index (χ0n) is 9.33. The van der Waals surface area contributed by atoms with Gasteiger partial charge in [-0.2, -0.15) is 0 Å². The van der Waals surface area contributed by atoms with Gasteiger partial charge < -0.3 is 14.6 Å². The number of hydrogen-bond acceptors (Lipinski definition) is 5. The fourth-order valence-corrected chi connectivity index (χ4v) is 2.00. The number of fused-ring (bicyclic) bond motifs is 1. The topological polar surface area (TPSA) is 81.8 Å². The van der Waals surface area contributed by atoms with Crippen LogP contribution in [0.1, 0.15) is 17.9 Å². The Bertz CT molecular complexity index is 434. The van der Waals surface area contributed by atoms with Crippen molar-refractivity contribution >= 4 is 0 Å². The van der Waals surface area contributed by atoms with Crippen LogP contribution in [0, 0.1) is 10.1 Å². The maximum absolute atomic E-state index is 10.6. The van der Waals surface area contributed by atoms with Gasteiger partial charge in [0.1, 0.15) is 11.5 Å². The number of ether oxygens (including phenoxy) is 2. The number of rotatable bonds is 3. The predicted octanol–water partition coefficient (Wildman–Crippen LogP) is 1.16. The third-order valence-electron chi connectivity index (χ3n) is 2.78. The van der Waals surface area contributed by atoms with E-state index in [9.17, 15) is 15.2 Å². The Kier molecular flexibility index (Phi) is 3.14. The van der Waals surface area contributed by atoms with Crippen LogP contribution < -0.4 is 9.47 Å². The molecule has 17 heavy (non-hydrogen) atoms. The van der Waals surface area contributed by atoms with Crippen molar-refractivity contribution in [1.82, 2.24) is 0 Å². The van der Waals surface area contributed by atoms with Gasteiger partial charge in [0.25, 0.3) is 0 Å². The lowest BCUT2D eigenvalue weighted by atomic mass is 9.92. The Morgan fingerprint density at radius 2 is 2.41 bits per heavy atom. The van der Waals surface area contributed by atoms with Crippen LogP contribution in [0.15, 0.2) is 18.2 Å². The molecule has 1 aromatic rings. The van der Waals surface area contributed by atoms with Gasteiger partial charge in [-0.05, 0) is 6.07 Å². The van der Waals surface area contributed by atoms with Crippen LogP contribution in [0.2, 0.25) is 0 Å². The summed E-state index contributed by atoms with van der Waals surface area (Å²) in [6.45, 7) is -0.209. The van der Waals surface area contributed by atoms with Crippen molar-refractivity contribution < 1.29 is 19.5 Å². The summed E-state index contributed by atoms with van der Waals surface area (Å²) in [6, 6.07) is 5.10. The van der Waals surface area contributed by atoms with Gasteiger partial charge in [-0.15, -0.1) is 0 Å². The van der Waals surface area contributed by atoms with Gasteiger partial charge in [0, 0.05) is 23.0 Å². The molecule has 0 amide bonds. The molecule has 0 aromatic heterocycles. The highest BCUT2D eigenvalue weighted by molar-refractivity contribution is 5.44. The normalized spacial score (nSPS) is 22.5. The zero-order chi connectivity index (χ0) is 12.4. The van der Waals surface area contributed by atoms with Gasteiger partial charge in [-0.1, -0.05) is 6.07 Å². The van der Waals surface area contributed by atoms with E-state index in [4.69, 9.17) is 9.47 Å². The highest BCUT2D eigenvalue weighted by atomic mass is 16.6. The molecule has 6 nitrogen and oxygen atoms in total. The molecule has 0 bridgehead atoms. The summed E-state index contributed by atoms with van der Waals surface area (Å²) in [5.41, 5.74) is 0.743. The standard InChI is InChI=1S/C11H13NO5/c1-16-8-2-3-9-7(6-12(14)15)4-11(13)17-10(9)5-8/h2-3,5,7,11,13H,4,6H2,1H3/t7-,11?/m1/s1. The number of benzene rings is 1. The van der Waals surface area contributed by atoms with Gasteiger partial charge in [-0.3, -0.25) is 10.1 Å². The van der Waals surface area contributed by atoms with Crippen molar-refractivity contribution in [2.45, 2.75) is 18.6 Å². The third-order valence-corrected chi connectivity index (χ3v) is 2.78. The van der Waals surface area contributed by atoms with Crippen molar-refractivity contribution in [2.75, 3.05) is 13.7 Å². The molecular weight excluding hydrogens is 226 g/mol. The number of nitrogens with zero attached hydrogens (tertiary/aromatic N) is 1. The molecule has 0 saturated heterocycles. The van der Waals surface area contributed by atoms with E-state index < -0.39 is 6.29 Å². The van der Waals surface area contributed by atoms with Crippen molar-refractivity contribution in [3.8, 4) is 11.5 Å². The molecule has 0 spiro atoms. The number of aliphatic hydroxyl groups is 1. The lowest BCUT2D eigenvalue weighted by Gasteiger charge is -2.27. The molecule has 1 heterocycles. The number of hydrogen-bond donors (Lipinski definition) is 1. The molecule has 1 aromatic carbocycles. The minimum atomic E-state index is -1.00. The van der Waals surface area contributed by atoms with E-state index in [1.54, 1.807) is 18.2 Å². The second-order valence-corrected chi connectivity index (χ2v) is 3.92. The van der Waals surface area contributed by atoms with E-state index in [2.05, 4.69) is 0 Å². The van der Waals surface area contributed by atoms with Crippen molar-refractivity contribution in [2.24, 2.45) is 0 Å². The lowest BCUT2D eigenvalue weighted by Crippen LogP contribution is -2.28. The largest absolute Gasteiger partial charge is 0.497 e. The Morgan fingerprint density at radius 1 is 1.65 bits per heavy atom. The van der Waals surface area contributed by atoms with Crippen molar-refractivity contribution in [3.05, 3.63) is 33.9 Å². The van der Waals surface area contributed by atoms with Gasteiger partial charge in [-0.25, -0.2) is 0 Å². The SMILES string of the molecule is COc1ccc2c(c1)OC(O)C[C@@H]2C[N+](=O)[O-]. The zero-order valence-corrected chi connectivity index (χ0v) is 9.33. The first kappa shape index (κ1) is 11.7. The second-order valence-electron chi connectivity index (χ2n) is 3.92. The molecule has 1 aliphatic rings. The van der Waals surface area contributed by atoms with Crippen LogP contribution in [0.25, 0.3) is 0 Å². The quantitative estimate of drug-likeness (QED) is 0.632. The Labute approximate surface area is 97.9 Å². The average Bonchev–Trinajstić information content (AvgIpc) is 2.27. The highest BCUT2D eigenvalue weighted by Crippen LogP contribution is 2.37. The third kappa shape index (κ3) is 2.47. The van der Waals surface area contributed by atoms with Gasteiger partial charge >= 0.3 is 0 Å². The van der Waals surface area contributed by atoms with E-state index in [0.717, 1.165) is 5.56 Å². The Balaban J connectivity index is 2.33. The van der Waals surface area contributed by atoms with E-state index in [-0.39, 0.29) is 23.8 Å². The van der Waals surface area contributed by atoms with Crippen molar-refractivity contribution in [1.29, 1.82) is 0 Å². The van der Waals surface area contributed by atoms with Crippen LogP contribution in [0.3, 0.4) is 0 Å². The molecule has 1 unspecified atom stereocenters. The maximum atomic E-state index is 10.6. The highest BCUT2D eigenvalue weighted by Gasteiger charge is 2.30. The summed E-state index contributed by atoms with van der Waals surface area (Å²) < 4.78 is 10.3. The van der Waals surface area contributed by atoms with E-state index in [0.29, 0.717) is 11.5 Å². The van der Waals surface area contributed by atoms with Gasteiger partial charge in [0.2, 0.25) is 6.54 Å². The first-order chi connectivity index (χ1) is 8.10. The molecule has 1 aliphatic heterocycles. The Morgan fingerprint density at radius 3 is 3.06 bits per heavy atom. The average molecular weight is 239 g/mol. The number of methoxy groups -OCH3 is 1. The molecule has 0 aliphatic carbocycles. The first-order valence-electron chi connectivity index (χ1n) is 5.24. The summed E-state index contributed by atoms with van der Waals surface area (Å²) in [6.07, 6.45) is -0.764. The Hall–Kier alpha value is -1.82. The fraction of sp³-hybridized carbons (Fsp3) is 0.455. The summed E-state index contributed by atoms with van der Waals surface area (Å²) in [7, 11) is 1.52. The summed E-state index contributed by atoms with van der Waals surface area (Å²) in [5.74, 6) is 0.724. The summed E-state index contributed by atoms with van der Waals surface area (Å²) in [5, 5.41) is 20.1. The molecule has 0 fully saturated rings. The van der Waals surface area contributed by atoms with Gasteiger partial charge in [0.15, 0.2) is 6.29 Å². The van der Waals surface area contributed by atoms with E-state index in [1.807, 2.05) is 0 Å². The molecule has 2 rings (SSSR count). The molecular formula is C11H13NO5.